The third-order valence-electron chi connectivity index (χ3n) is 5.27. The van der Waals surface area contributed by atoms with Crippen molar-refractivity contribution in [2.45, 2.75) is 50.0 Å². The molecule has 1 atom stereocenters. The lowest BCUT2D eigenvalue weighted by atomic mass is 9.93. The number of alkyl halides is 3. The fraction of sp³-hybridized carbons (Fsp3) is 0.400. The van der Waals surface area contributed by atoms with Crippen LogP contribution in [-0.4, -0.2) is 44.5 Å². The normalized spacial score (nSPS) is 23.2. The van der Waals surface area contributed by atoms with Gasteiger partial charge < -0.3 is 5.32 Å². The van der Waals surface area contributed by atoms with E-state index in [0.29, 0.717) is 18.4 Å². The Bertz CT molecular complexity index is 897. The first-order chi connectivity index (χ1) is 13.9. The molecule has 0 spiro atoms. The van der Waals surface area contributed by atoms with Gasteiger partial charge in [0, 0.05) is 24.0 Å². The van der Waals surface area contributed by atoms with E-state index in [2.05, 4.69) is 20.3 Å². The van der Waals surface area contributed by atoms with Crippen LogP contribution < -0.4 is 5.32 Å². The summed E-state index contributed by atoms with van der Waals surface area (Å²) in [5.74, 6) is -1.41. The first kappa shape index (κ1) is 19.4. The number of aromatic nitrogens is 2. The summed E-state index contributed by atoms with van der Waals surface area (Å²) in [5, 5.41) is 2.19. The van der Waals surface area contributed by atoms with Gasteiger partial charge in [0.25, 0.3) is 5.91 Å². The van der Waals surface area contributed by atoms with Crippen molar-refractivity contribution in [1.29, 1.82) is 0 Å². The van der Waals surface area contributed by atoms with Crippen molar-refractivity contribution in [3.63, 3.8) is 0 Å². The fourth-order valence-electron chi connectivity index (χ4n) is 3.86. The van der Waals surface area contributed by atoms with Crippen molar-refractivity contribution in [3.8, 4) is 0 Å². The second-order valence-electron chi connectivity index (χ2n) is 7.17. The van der Waals surface area contributed by atoms with E-state index in [1.54, 1.807) is 30.3 Å². The molecule has 152 valence electrons. The van der Waals surface area contributed by atoms with Crippen LogP contribution in [0.3, 0.4) is 0 Å². The summed E-state index contributed by atoms with van der Waals surface area (Å²) < 4.78 is 42.9. The summed E-state index contributed by atoms with van der Waals surface area (Å²) in [6.45, 7) is 0. The highest BCUT2D eigenvalue weighted by atomic mass is 19.4. The number of amides is 1. The van der Waals surface area contributed by atoms with E-state index < -0.39 is 17.7 Å². The Morgan fingerprint density at radius 1 is 1.00 bits per heavy atom. The van der Waals surface area contributed by atoms with Gasteiger partial charge in [0.15, 0.2) is 0 Å². The number of nitrogens with zero attached hydrogens (tertiary/aromatic N) is 4. The van der Waals surface area contributed by atoms with Crippen molar-refractivity contribution in [2.24, 2.45) is 4.99 Å². The molecule has 0 saturated heterocycles. The number of halogens is 3. The monoisotopic (exact) mass is 403 g/mol. The molecular weight excluding hydrogens is 383 g/mol. The Morgan fingerprint density at radius 3 is 2.28 bits per heavy atom. The van der Waals surface area contributed by atoms with Gasteiger partial charge in [-0.1, -0.05) is 49.6 Å². The second kappa shape index (κ2) is 7.46. The number of hydrogen-bond donors (Lipinski definition) is 1. The Hall–Kier alpha value is -2.97. The molecule has 29 heavy (non-hydrogen) atoms. The van der Waals surface area contributed by atoms with Crippen LogP contribution in [0.4, 0.5) is 19.1 Å². The molecule has 1 aliphatic heterocycles. The van der Waals surface area contributed by atoms with Crippen molar-refractivity contribution >= 4 is 17.7 Å². The number of aliphatic imine (C=N–C) groups is 1. The van der Waals surface area contributed by atoms with Crippen LogP contribution in [0, 0.1) is 0 Å². The Morgan fingerprint density at radius 2 is 1.66 bits per heavy atom. The number of anilines is 1. The van der Waals surface area contributed by atoms with Crippen molar-refractivity contribution in [1.82, 2.24) is 14.9 Å². The molecule has 2 aliphatic rings. The molecule has 1 N–H and O–H groups in total. The molecule has 4 rings (SSSR count). The van der Waals surface area contributed by atoms with Gasteiger partial charge >= 0.3 is 11.8 Å². The first-order valence-corrected chi connectivity index (χ1v) is 9.53. The van der Waals surface area contributed by atoms with Crippen LogP contribution in [-0.2, 0) is 4.79 Å². The average Bonchev–Trinajstić information content (AvgIpc) is 3.03. The van der Waals surface area contributed by atoms with Crippen molar-refractivity contribution in [2.75, 3.05) is 5.32 Å². The maximum atomic E-state index is 14.3. The predicted octanol–water partition coefficient (Wildman–Crippen LogP) is 3.77. The van der Waals surface area contributed by atoms with Crippen molar-refractivity contribution in [3.05, 3.63) is 54.4 Å². The zero-order valence-electron chi connectivity index (χ0n) is 15.6. The zero-order chi connectivity index (χ0) is 20.5. The number of carbonyl (C=O) groups excluding carboxylic acids is 1. The zero-order valence-corrected chi connectivity index (χ0v) is 15.6. The molecule has 1 aliphatic carbocycles. The average molecular weight is 403 g/mol. The minimum Gasteiger partial charge on any atom is -0.314 e. The quantitative estimate of drug-likeness (QED) is 0.844. The number of hydrogen-bond acceptors (Lipinski definition) is 5. The fourth-order valence-corrected chi connectivity index (χ4v) is 3.86. The van der Waals surface area contributed by atoms with Gasteiger partial charge in [-0.25, -0.2) is 15.0 Å². The van der Waals surface area contributed by atoms with E-state index in [-0.39, 0.29) is 17.8 Å². The minimum absolute atomic E-state index is 0.0308. The molecule has 0 bridgehead atoms. The molecule has 1 fully saturated rings. The van der Waals surface area contributed by atoms with Crippen molar-refractivity contribution < 1.29 is 18.0 Å². The highest BCUT2D eigenvalue weighted by Crippen LogP contribution is 2.42. The van der Waals surface area contributed by atoms with Crippen LogP contribution in [0.5, 0.6) is 0 Å². The standard InChI is InChI=1S/C20H20F3N5O/c21-20(22,23)19(27-18-24-12-7-13-25-18)17(29)28(15-10-5-2-6-11-15)16(26-19)14-8-3-1-4-9-14/h1,3-4,7-9,12-13,15H,2,5-6,10-11H2,(H,24,25,27)/t19-/m1/s1. The molecule has 0 unspecified atom stereocenters. The lowest BCUT2D eigenvalue weighted by Crippen LogP contribution is -2.59. The Balaban J connectivity index is 1.84. The van der Waals surface area contributed by atoms with E-state index in [0.717, 1.165) is 19.3 Å². The van der Waals surface area contributed by atoms with Gasteiger partial charge in [-0.05, 0) is 18.9 Å². The molecule has 1 aromatic heterocycles. The topological polar surface area (TPSA) is 70.5 Å². The molecule has 2 aromatic rings. The maximum absolute atomic E-state index is 14.3. The summed E-state index contributed by atoms with van der Waals surface area (Å²) in [7, 11) is 0. The Labute approximate surface area is 165 Å². The van der Waals surface area contributed by atoms with Crippen LogP contribution in [0.25, 0.3) is 0 Å². The van der Waals surface area contributed by atoms with E-state index in [9.17, 15) is 18.0 Å². The van der Waals surface area contributed by atoms with Crippen LogP contribution in [0.2, 0.25) is 0 Å². The van der Waals surface area contributed by atoms with E-state index in [1.807, 2.05) is 0 Å². The largest absolute Gasteiger partial charge is 0.442 e. The molecule has 2 heterocycles. The SMILES string of the molecule is O=C1N(C2CCCCC2)C(c2ccccc2)=N[C@]1(Nc1ncccn1)C(F)(F)F. The van der Waals surface area contributed by atoms with Crippen LogP contribution in [0.15, 0.2) is 53.8 Å². The third kappa shape index (κ3) is 3.45. The molecule has 0 radical (unpaired) electrons. The van der Waals surface area contributed by atoms with Gasteiger partial charge in [-0.15, -0.1) is 0 Å². The van der Waals surface area contributed by atoms with Crippen LogP contribution >= 0.6 is 0 Å². The Kier molecular flexibility index (Phi) is 4.97. The summed E-state index contributed by atoms with van der Waals surface area (Å²) in [6, 6.07) is 9.66. The van der Waals surface area contributed by atoms with Gasteiger partial charge in [0.2, 0.25) is 5.95 Å². The number of rotatable bonds is 4. The van der Waals surface area contributed by atoms with Gasteiger partial charge in [0.05, 0.1) is 0 Å². The second-order valence-corrected chi connectivity index (χ2v) is 7.17. The van der Waals surface area contributed by atoms with Gasteiger partial charge in [0.1, 0.15) is 5.84 Å². The van der Waals surface area contributed by atoms with E-state index in [4.69, 9.17) is 0 Å². The summed E-state index contributed by atoms with van der Waals surface area (Å²) in [4.78, 5) is 26.2. The van der Waals surface area contributed by atoms with E-state index in [1.165, 1.54) is 23.4 Å². The smallest absolute Gasteiger partial charge is 0.314 e. The number of nitrogens with one attached hydrogen (secondary N) is 1. The molecule has 1 amide bonds. The molecule has 9 heteroatoms. The number of benzene rings is 1. The highest BCUT2D eigenvalue weighted by Gasteiger charge is 2.67. The summed E-state index contributed by atoms with van der Waals surface area (Å²) in [5.41, 5.74) is -2.69. The minimum atomic E-state index is -4.98. The number of amidine groups is 1. The summed E-state index contributed by atoms with van der Waals surface area (Å²) in [6.07, 6.45) is 1.67. The molecule has 1 aromatic carbocycles. The van der Waals surface area contributed by atoms with Gasteiger partial charge in [-0.3, -0.25) is 9.69 Å². The molecule has 1 saturated carbocycles. The number of carbonyl (C=O) groups is 1. The third-order valence-corrected chi connectivity index (χ3v) is 5.27. The highest BCUT2D eigenvalue weighted by molar-refractivity contribution is 6.16. The summed E-state index contributed by atoms with van der Waals surface area (Å²) >= 11 is 0. The molecular formula is C20H20F3N5O. The molecule has 6 nitrogen and oxygen atoms in total. The maximum Gasteiger partial charge on any atom is 0.442 e. The lowest BCUT2D eigenvalue weighted by molar-refractivity contribution is -0.186. The van der Waals surface area contributed by atoms with Crippen LogP contribution in [0.1, 0.15) is 37.7 Å². The lowest BCUT2D eigenvalue weighted by Gasteiger charge is -2.34. The predicted molar refractivity (Wildman–Crippen MR) is 101 cm³/mol. The first-order valence-electron chi connectivity index (χ1n) is 9.53. The van der Waals surface area contributed by atoms with Gasteiger partial charge in [-0.2, -0.15) is 13.2 Å². The van der Waals surface area contributed by atoms with E-state index >= 15 is 0 Å².